The first-order valence-corrected chi connectivity index (χ1v) is 13.6. The largest absolute Gasteiger partial charge is 0.384 e. The number of hydrogen-bond donors (Lipinski definition) is 7. The predicted octanol–water partition coefficient (Wildman–Crippen LogP) is 0.718. The molecule has 0 aliphatic rings. The van der Waals surface area contributed by atoms with Crippen LogP contribution in [0.1, 0.15) is 27.8 Å². The fourth-order valence-corrected chi connectivity index (χ4v) is 5.04. The summed E-state index contributed by atoms with van der Waals surface area (Å²) in [5, 5.41) is 20.2. The van der Waals surface area contributed by atoms with Gasteiger partial charge in [-0.1, -0.05) is 72.8 Å². The number of carbonyl (C=O) groups excluding carboxylic acids is 2. The van der Waals surface area contributed by atoms with E-state index in [9.17, 15) is 18.0 Å². The second kappa shape index (κ2) is 13.3. The van der Waals surface area contributed by atoms with Gasteiger partial charge in [0.05, 0.1) is 12.3 Å². The molecule has 0 unspecified atom stereocenters. The van der Waals surface area contributed by atoms with Gasteiger partial charge in [-0.25, -0.2) is 13.1 Å². The summed E-state index contributed by atoms with van der Waals surface area (Å²) in [5.41, 5.74) is 13.9. The molecule has 2 amide bonds. The zero-order valence-electron chi connectivity index (χ0n) is 21.1. The van der Waals surface area contributed by atoms with Crippen molar-refractivity contribution in [3.8, 4) is 0 Å². The summed E-state index contributed by atoms with van der Waals surface area (Å²) in [7, 11) is -3.92. The van der Waals surface area contributed by atoms with Crippen molar-refractivity contribution in [2.45, 2.75) is 24.8 Å². The van der Waals surface area contributed by atoms with Crippen molar-refractivity contribution in [3.05, 3.63) is 107 Å². The number of benzene rings is 3. The molecule has 39 heavy (non-hydrogen) atoms. The summed E-state index contributed by atoms with van der Waals surface area (Å²) >= 11 is 0. The minimum atomic E-state index is -3.92. The Morgan fingerprint density at radius 2 is 1.41 bits per heavy atom. The molecule has 11 nitrogen and oxygen atoms in total. The fourth-order valence-electron chi connectivity index (χ4n) is 3.70. The van der Waals surface area contributed by atoms with Gasteiger partial charge in [0.25, 0.3) is 0 Å². The Morgan fingerprint density at radius 1 is 0.769 bits per heavy atom. The van der Waals surface area contributed by atoms with Crippen LogP contribution in [0.2, 0.25) is 0 Å². The number of nitrogens with two attached hydrogens (primary N) is 2. The minimum Gasteiger partial charge on any atom is -0.384 e. The molecule has 0 saturated carbocycles. The summed E-state index contributed by atoms with van der Waals surface area (Å²) in [4.78, 5) is 25.4. The lowest BCUT2D eigenvalue weighted by atomic mass is 10.0. The van der Waals surface area contributed by atoms with E-state index in [4.69, 9.17) is 22.3 Å². The first-order valence-electron chi connectivity index (χ1n) is 12.0. The van der Waals surface area contributed by atoms with Crippen LogP contribution >= 0.6 is 0 Å². The van der Waals surface area contributed by atoms with Gasteiger partial charge in [-0.15, -0.1) is 0 Å². The molecule has 3 aromatic rings. The third-order valence-corrected chi connectivity index (χ3v) is 7.05. The number of amides is 2. The lowest BCUT2D eigenvalue weighted by Gasteiger charge is -2.19. The Morgan fingerprint density at radius 3 is 2.05 bits per heavy atom. The lowest BCUT2D eigenvalue weighted by Crippen LogP contribution is -2.50. The highest BCUT2D eigenvalue weighted by atomic mass is 32.2. The summed E-state index contributed by atoms with van der Waals surface area (Å²) < 4.78 is 28.2. The number of amidine groups is 2. The minimum absolute atomic E-state index is 0.0227. The summed E-state index contributed by atoms with van der Waals surface area (Å²) in [6.45, 7) is -0.174. The van der Waals surface area contributed by atoms with E-state index in [1.807, 2.05) is 0 Å². The normalized spacial score (nSPS) is 11.8. The summed E-state index contributed by atoms with van der Waals surface area (Å²) in [6.07, 6.45) is -0.0227. The monoisotopic (exact) mass is 549 g/mol. The quantitative estimate of drug-likeness (QED) is 0.121. The van der Waals surface area contributed by atoms with E-state index in [0.29, 0.717) is 22.3 Å². The van der Waals surface area contributed by atoms with Crippen molar-refractivity contribution in [2.75, 3.05) is 6.54 Å². The second-order valence-electron chi connectivity index (χ2n) is 8.84. The van der Waals surface area contributed by atoms with Gasteiger partial charge in [-0.2, -0.15) is 0 Å². The van der Waals surface area contributed by atoms with Gasteiger partial charge >= 0.3 is 0 Å². The van der Waals surface area contributed by atoms with E-state index in [1.165, 1.54) is 0 Å². The molecule has 1 atom stereocenters. The molecule has 0 spiro atoms. The van der Waals surface area contributed by atoms with Crippen LogP contribution < -0.4 is 26.8 Å². The Labute approximate surface area is 227 Å². The van der Waals surface area contributed by atoms with E-state index in [0.717, 1.165) is 5.56 Å². The summed E-state index contributed by atoms with van der Waals surface area (Å²) in [6, 6.07) is 20.7. The Balaban J connectivity index is 1.66. The van der Waals surface area contributed by atoms with E-state index >= 15 is 0 Å². The smallest absolute Gasteiger partial charge is 0.239 e. The van der Waals surface area contributed by atoms with Gasteiger partial charge in [0.15, 0.2) is 0 Å². The van der Waals surface area contributed by atoms with Crippen LogP contribution in [0.5, 0.6) is 0 Å². The first-order chi connectivity index (χ1) is 18.5. The highest BCUT2D eigenvalue weighted by molar-refractivity contribution is 7.88. The average Bonchev–Trinajstić information content (AvgIpc) is 2.90. The number of sulfonamides is 1. The molecule has 9 N–H and O–H groups in total. The van der Waals surface area contributed by atoms with Crippen molar-refractivity contribution in [2.24, 2.45) is 11.5 Å². The maximum absolute atomic E-state index is 13.1. The predicted molar refractivity (Wildman–Crippen MR) is 149 cm³/mol. The highest BCUT2D eigenvalue weighted by Crippen LogP contribution is 2.11. The molecule has 0 saturated heterocycles. The van der Waals surface area contributed by atoms with Crippen LogP contribution in [0.15, 0.2) is 78.9 Å². The zero-order valence-corrected chi connectivity index (χ0v) is 21.9. The van der Waals surface area contributed by atoms with Crippen LogP contribution in [0.3, 0.4) is 0 Å². The van der Waals surface area contributed by atoms with Crippen molar-refractivity contribution in [3.63, 3.8) is 0 Å². The van der Waals surface area contributed by atoms with Gasteiger partial charge < -0.3 is 22.1 Å². The molecule has 0 fully saturated rings. The van der Waals surface area contributed by atoms with Gasteiger partial charge in [0.2, 0.25) is 21.8 Å². The standard InChI is InChI=1S/C27H31N7O4S/c28-25(29)21-11-9-18(10-12-21)15-32-24(35)16-33-27(36)23(14-20-7-4-8-22(13-20)26(30)31)34-39(37,38)17-19-5-2-1-3-6-19/h1-13,23,34H,14-17H2,(H3,28,29)(H3,30,31)(H,32,35)(H,33,36)/t23-/m1/s1. The van der Waals surface area contributed by atoms with Crippen molar-refractivity contribution in [1.82, 2.24) is 15.4 Å². The van der Waals surface area contributed by atoms with Crippen molar-refractivity contribution >= 4 is 33.5 Å². The highest BCUT2D eigenvalue weighted by Gasteiger charge is 2.25. The number of nitrogens with one attached hydrogen (secondary N) is 5. The lowest BCUT2D eigenvalue weighted by molar-refractivity contribution is -0.127. The van der Waals surface area contributed by atoms with Crippen LogP contribution in [-0.4, -0.2) is 44.5 Å². The molecule has 0 aromatic heterocycles. The Bertz CT molecular complexity index is 1440. The Hall–Kier alpha value is -4.55. The first kappa shape index (κ1) is 29.0. The molecular formula is C27H31N7O4S. The average molecular weight is 550 g/mol. The topological polar surface area (TPSA) is 204 Å². The fraction of sp³-hybridized carbons (Fsp3) is 0.185. The third-order valence-electron chi connectivity index (χ3n) is 5.69. The SMILES string of the molecule is N=C(N)c1ccc(CNC(=O)CNC(=O)[C@@H](Cc2cccc(C(=N)N)c2)NS(=O)(=O)Cc2ccccc2)cc1. The number of rotatable bonds is 13. The van der Waals surface area contributed by atoms with Crippen LogP contribution in [-0.2, 0) is 38.3 Å². The van der Waals surface area contributed by atoms with Crippen LogP contribution in [0, 0.1) is 10.8 Å². The molecule has 12 heteroatoms. The summed E-state index contributed by atoms with van der Waals surface area (Å²) in [5.74, 6) is -1.69. The molecule has 0 aliphatic carbocycles. The molecule has 0 aliphatic heterocycles. The van der Waals surface area contributed by atoms with Crippen molar-refractivity contribution < 1.29 is 18.0 Å². The molecule has 0 bridgehead atoms. The molecule has 3 rings (SSSR count). The van der Waals surface area contributed by atoms with E-state index in [2.05, 4.69) is 15.4 Å². The Kier molecular flexibility index (Phi) is 9.90. The van der Waals surface area contributed by atoms with Crippen LogP contribution in [0.25, 0.3) is 0 Å². The van der Waals surface area contributed by atoms with E-state index in [1.54, 1.807) is 78.9 Å². The van der Waals surface area contributed by atoms with E-state index < -0.39 is 27.9 Å². The zero-order chi connectivity index (χ0) is 28.4. The molecule has 204 valence electrons. The number of hydrogen-bond acceptors (Lipinski definition) is 6. The van der Waals surface area contributed by atoms with Gasteiger partial charge in [0.1, 0.15) is 17.7 Å². The van der Waals surface area contributed by atoms with Crippen molar-refractivity contribution in [1.29, 1.82) is 10.8 Å². The third kappa shape index (κ3) is 9.36. The number of nitrogen functional groups attached to an aromatic ring is 2. The van der Waals surface area contributed by atoms with Crippen LogP contribution in [0.4, 0.5) is 0 Å². The molecular weight excluding hydrogens is 518 g/mol. The van der Waals surface area contributed by atoms with Gasteiger partial charge in [-0.05, 0) is 29.2 Å². The maximum atomic E-state index is 13.1. The molecule has 0 heterocycles. The molecule has 0 radical (unpaired) electrons. The van der Waals surface area contributed by atoms with Gasteiger partial charge in [0, 0.05) is 17.7 Å². The molecule has 3 aromatic carbocycles. The number of carbonyl (C=O) groups is 2. The second-order valence-corrected chi connectivity index (χ2v) is 10.6. The van der Waals surface area contributed by atoms with E-state index in [-0.39, 0.29) is 36.9 Å². The maximum Gasteiger partial charge on any atom is 0.239 e. The van der Waals surface area contributed by atoms with Gasteiger partial charge in [-0.3, -0.25) is 20.4 Å².